The van der Waals surface area contributed by atoms with E-state index in [4.69, 9.17) is 9.26 Å². The standard InChI is InChI=1S/C14H21N3O3/c1-2-12-15-13(20-16-12)10-5-3-7-17(9-10)14(18)11-6-4-8-19-11/h10-11H,2-9H2,1H3/t10-,11-/m0/s1. The molecule has 1 aromatic heterocycles. The smallest absolute Gasteiger partial charge is 0.251 e. The minimum Gasteiger partial charge on any atom is -0.368 e. The van der Waals surface area contributed by atoms with Crippen LogP contribution < -0.4 is 0 Å². The minimum absolute atomic E-state index is 0.127. The molecular formula is C14H21N3O3. The number of piperidine rings is 1. The molecule has 1 amide bonds. The van der Waals surface area contributed by atoms with Crippen molar-refractivity contribution in [1.82, 2.24) is 15.0 Å². The fourth-order valence-corrected chi connectivity index (χ4v) is 2.93. The van der Waals surface area contributed by atoms with Crippen molar-refractivity contribution >= 4 is 5.91 Å². The van der Waals surface area contributed by atoms with Gasteiger partial charge in [-0.3, -0.25) is 4.79 Å². The van der Waals surface area contributed by atoms with Gasteiger partial charge in [0.25, 0.3) is 5.91 Å². The van der Waals surface area contributed by atoms with Crippen LogP contribution in [0.3, 0.4) is 0 Å². The second-order valence-electron chi connectivity index (χ2n) is 5.53. The summed E-state index contributed by atoms with van der Waals surface area (Å²) in [7, 11) is 0. The monoisotopic (exact) mass is 279 g/mol. The predicted molar refractivity (Wildman–Crippen MR) is 71.2 cm³/mol. The highest BCUT2D eigenvalue weighted by atomic mass is 16.5. The Hall–Kier alpha value is -1.43. The third-order valence-corrected chi connectivity index (χ3v) is 4.09. The Bertz CT molecular complexity index is 468. The van der Waals surface area contributed by atoms with Crippen LogP contribution in [0.4, 0.5) is 0 Å². The van der Waals surface area contributed by atoms with Crippen LogP contribution in [0.1, 0.15) is 50.2 Å². The quantitative estimate of drug-likeness (QED) is 0.839. The first-order chi connectivity index (χ1) is 9.78. The highest BCUT2D eigenvalue weighted by Gasteiger charge is 2.33. The van der Waals surface area contributed by atoms with Crippen molar-refractivity contribution in [3.63, 3.8) is 0 Å². The molecule has 2 aliphatic rings. The van der Waals surface area contributed by atoms with Crippen molar-refractivity contribution in [3.8, 4) is 0 Å². The Morgan fingerprint density at radius 2 is 2.30 bits per heavy atom. The van der Waals surface area contributed by atoms with Gasteiger partial charge in [-0.25, -0.2) is 0 Å². The molecule has 0 saturated carbocycles. The van der Waals surface area contributed by atoms with Gasteiger partial charge in [-0.1, -0.05) is 12.1 Å². The second kappa shape index (κ2) is 5.91. The van der Waals surface area contributed by atoms with Gasteiger partial charge in [0.15, 0.2) is 5.82 Å². The maximum atomic E-state index is 12.4. The molecule has 2 atom stereocenters. The van der Waals surface area contributed by atoms with Crippen LogP contribution in [0.2, 0.25) is 0 Å². The average molecular weight is 279 g/mol. The van der Waals surface area contributed by atoms with E-state index in [9.17, 15) is 4.79 Å². The highest BCUT2D eigenvalue weighted by molar-refractivity contribution is 5.81. The second-order valence-corrected chi connectivity index (χ2v) is 5.53. The molecule has 110 valence electrons. The Morgan fingerprint density at radius 1 is 1.40 bits per heavy atom. The third-order valence-electron chi connectivity index (χ3n) is 4.09. The van der Waals surface area contributed by atoms with E-state index >= 15 is 0 Å². The summed E-state index contributed by atoms with van der Waals surface area (Å²) in [6, 6.07) is 0. The SMILES string of the molecule is CCc1noc([C@H]2CCCN(C(=O)[C@@H]3CCCO3)C2)n1. The molecule has 1 aromatic rings. The Balaban J connectivity index is 1.65. The number of ether oxygens (including phenoxy) is 1. The van der Waals surface area contributed by atoms with Gasteiger partial charge in [0.2, 0.25) is 5.89 Å². The molecule has 0 aliphatic carbocycles. The van der Waals surface area contributed by atoms with Crippen LogP contribution in [0.5, 0.6) is 0 Å². The van der Waals surface area contributed by atoms with Gasteiger partial charge in [-0.05, 0) is 25.7 Å². The van der Waals surface area contributed by atoms with Gasteiger partial charge >= 0.3 is 0 Å². The van der Waals surface area contributed by atoms with E-state index in [1.54, 1.807) is 0 Å². The van der Waals surface area contributed by atoms with Gasteiger partial charge in [0.1, 0.15) is 6.10 Å². The van der Waals surface area contributed by atoms with Crippen LogP contribution >= 0.6 is 0 Å². The lowest BCUT2D eigenvalue weighted by Crippen LogP contribution is -2.44. The summed E-state index contributed by atoms with van der Waals surface area (Å²) in [5, 5.41) is 3.94. The summed E-state index contributed by atoms with van der Waals surface area (Å²) in [6.07, 6.45) is 4.35. The van der Waals surface area contributed by atoms with E-state index in [-0.39, 0.29) is 17.9 Å². The number of aryl methyl sites for hydroxylation is 1. The highest BCUT2D eigenvalue weighted by Crippen LogP contribution is 2.27. The van der Waals surface area contributed by atoms with Crippen molar-refractivity contribution in [2.75, 3.05) is 19.7 Å². The average Bonchev–Trinajstić information content (AvgIpc) is 3.17. The molecule has 20 heavy (non-hydrogen) atoms. The number of carbonyl (C=O) groups excluding carboxylic acids is 1. The number of carbonyl (C=O) groups is 1. The molecule has 2 saturated heterocycles. The molecule has 2 fully saturated rings. The molecule has 0 N–H and O–H groups in total. The topological polar surface area (TPSA) is 68.5 Å². The van der Waals surface area contributed by atoms with E-state index in [1.165, 1.54) is 0 Å². The van der Waals surface area contributed by atoms with E-state index in [0.29, 0.717) is 19.0 Å². The zero-order valence-electron chi connectivity index (χ0n) is 11.9. The molecule has 3 rings (SSSR count). The van der Waals surface area contributed by atoms with Gasteiger partial charge < -0.3 is 14.2 Å². The van der Waals surface area contributed by atoms with Gasteiger partial charge in [0.05, 0.1) is 5.92 Å². The summed E-state index contributed by atoms with van der Waals surface area (Å²) in [5.74, 6) is 1.71. The molecule has 0 radical (unpaired) electrons. The zero-order chi connectivity index (χ0) is 13.9. The number of hydrogen-bond donors (Lipinski definition) is 0. The third kappa shape index (κ3) is 2.70. The van der Waals surface area contributed by atoms with Crippen LogP contribution in [-0.2, 0) is 16.0 Å². The van der Waals surface area contributed by atoms with Crippen molar-refractivity contribution in [3.05, 3.63) is 11.7 Å². The van der Waals surface area contributed by atoms with Crippen LogP contribution in [-0.4, -0.2) is 46.7 Å². The molecule has 2 aliphatic heterocycles. The Labute approximate surface area is 118 Å². The predicted octanol–water partition coefficient (Wildman–Crippen LogP) is 1.52. The summed E-state index contributed by atoms with van der Waals surface area (Å²) >= 11 is 0. The fraction of sp³-hybridized carbons (Fsp3) is 0.786. The van der Waals surface area contributed by atoms with Gasteiger partial charge in [-0.15, -0.1) is 0 Å². The molecule has 0 bridgehead atoms. The fourth-order valence-electron chi connectivity index (χ4n) is 2.93. The molecule has 6 nitrogen and oxygen atoms in total. The maximum Gasteiger partial charge on any atom is 0.251 e. The Kier molecular flexibility index (Phi) is 4.00. The molecule has 0 unspecified atom stereocenters. The molecule has 0 spiro atoms. The van der Waals surface area contributed by atoms with E-state index in [0.717, 1.165) is 44.5 Å². The van der Waals surface area contributed by atoms with Gasteiger partial charge in [0, 0.05) is 26.1 Å². The van der Waals surface area contributed by atoms with Crippen molar-refractivity contribution < 1.29 is 14.1 Å². The largest absolute Gasteiger partial charge is 0.368 e. The van der Waals surface area contributed by atoms with Crippen LogP contribution in [0.15, 0.2) is 4.52 Å². The van der Waals surface area contributed by atoms with Gasteiger partial charge in [-0.2, -0.15) is 4.98 Å². The number of amides is 1. The lowest BCUT2D eigenvalue weighted by Gasteiger charge is -2.32. The van der Waals surface area contributed by atoms with Crippen molar-refractivity contribution in [2.45, 2.75) is 51.0 Å². The first-order valence-corrected chi connectivity index (χ1v) is 7.50. The number of nitrogens with zero attached hydrogens (tertiary/aromatic N) is 3. The van der Waals surface area contributed by atoms with Crippen LogP contribution in [0, 0.1) is 0 Å². The number of hydrogen-bond acceptors (Lipinski definition) is 5. The van der Waals surface area contributed by atoms with Crippen LogP contribution in [0.25, 0.3) is 0 Å². The maximum absolute atomic E-state index is 12.4. The first-order valence-electron chi connectivity index (χ1n) is 7.50. The van der Waals surface area contributed by atoms with E-state index < -0.39 is 0 Å². The minimum atomic E-state index is -0.234. The lowest BCUT2D eigenvalue weighted by molar-refractivity contribution is -0.142. The number of aromatic nitrogens is 2. The summed E-state index contributed by atoms with van der Waals surface area (Å²) < 4.78 is 10.8. The molecular weight excluding hydrogens is 258 g/mol. The van der Waals surface area contributed by atoms with E-state index in [1.807, 2.05) is 11.8 Å². The summed E-state index contributed by atoms with van der Waals surface area (Å²) in [6.45, 7) is 4.19. The number of rotatable bonds is 3. The zero-order valence-corrected chi connectivity index (χ0v) is 11.9. The normalized spacial score (nSPS) is 26.9. The molecule has 3 heterocycles. The summed E-state index contributed by atoms with van der Waals surface area (Å²) in [5.41, 5.74) is 0. The van der Waals surface area contributed by atoms with Crippen molar-refractivity contribution in [2.24, 2.45) is 0 Å². The lowest BCUT2D eigenvalue weighted by atomic mass is 9.97. The number of likely N-dealkylation sites (tertiary alicyclic amines) is 1. The Morgan fingerprint density at radius 3 is 3.00 bits per heavy atom. The molecule has 0 aromatic carbocycles. The first kappa shape index (κ1) is 13.5. The van der Waals surface area contributed by atoms with E-state index in [2.05, 4.69) is 10.1 Å². The molecule has 6 heteroatoms. The van der Waals surface area contributed by atoms with Crippen molar-refractivity contribution in [1.29, 1.82) is 0 Å². The summed E-state index contributed by atoms with van der Waals surface area (Å²) in [4.78, 5) is 18.7.